The molecule has 1 aliphatic heterocycles. The lowest BCUT2D eigenvalue weighted by Gasteiger charge is -2.37. The van der Waals surface area contributed by atoms with Gasteiger partial charge in [-0.05, 0) is 44.1 Å². The van der Waals surface area contributed by atoms with Crippen LogP contribution in [0.4, 0.5) is 5.13 Å². The smallest absolute Gasteiger partial charge is 0.216 e. The molecule has 0 spiro atoms. The Bertz CT molecular complexity index is 1070. The van der Waals surface area contributed by atoms with Crippen molar-refractivity contribution >= 4 is 34.5 Å². The Labute approximate surface area is 158 Å². The van der Waals surface area contributed by atoms with E-state index in [4.69, 9.17) is 22.4 Å². The molecule has 26 heavy (non-hydrogen) atoms. The standard InChI is InChI=1S/C17H15N5O2S2/c1-8-5-6-12(24-8)13-9(7-18)15(19)22(16-20-21-17(25)26-16)10-3-2-4-11(23)14(10)13/h5-6,13H,2-4,19H2,1H3,(H,21,25). The van der Waals surface area contributed by atoms with Gasteiger partial charge in [0.1, 0.15) is 17.3 Å². The monoisotopic (exact) mass is 385 g/mol. The summed E-state index contributed by atoms with van der Waals surface area (Å²) in [4.78, 5) is 14.5. The Hall–Kier alpha value is -2.70. The SMILES string of the molecule is Cc1ccc(C2C(C#N)=C(N)N(c3n[nH]c(=S)s3)C3=C2C(=O)CCC3)o1. The summed E-state index contributed by atoms with van der Waals surface area (Å²) in [6.07, 6.45) is 1.84. The molecule has 0 fully saturated rings. The van der Waals surface area contributed by atoms with Crippen LogP contribution in [0.3, 0.4) is 0 Å². The molecule has 2 aliphatic rings. The van der Waals surface area contributed by atoms with E-state index in [2.05, 4.69) is 16.3 Å². The summed E-state index contributed by atoms with van der Waals surface area (Å²) in [7, 11) is 0. The number of H-pyrrole nitrogens is 1. The summed E-state index contributed by atoms with van der Waals surface area (Å²) in [6.45, 7) is 1.83. The van der Waals surface area contributed by atoms with Crippen molar-refractivity contribution in [1.29, 1.82) is 5.26 Å². The molecule has 3 heterocycles. The van der Waals surface area contributed by atoms with Crippen LogP contribution in [-0.4, -0.2) is 16.0 Å². The topological polar surface area (TPSA) is 112 Å². The van der Waals surface area contributed by atoms with E-state index < -0.39 is 5.92 Å². The zero-order valence-electron chi connectivity index (χ0n) is 13.9. The number of nitrogens with two attached hydrogens (primary N) is 1. The van der Waals surface area contributed by atoms with E-state index in [1.807, 2.05) is 13.0 Å². The molecule has 2 aromatic rings. The highest BCUT2D eigenvalue weighted by Crippen LogP contribution is 2.46. The Balaban J connectivity index is 1.98. The summed E-state index contributed by atoms with van der Waals surface area (Å²) in [5, 5.41) is 17.3. The molecule has 0 bridgehead atoms. The molecule has 2 aromatic heterocycles. The van der Waals surface area contributed by atoms with Gasteiger partial charge in [0, 0.05) is 17.7 Å². The van der Waals surface area contributed by atoms with Gasteiger partial charge < -0.3 is 10.2 Å². The number of nitrogens with zero attached hydrogens (tertiary/aromatic N) is 3. The van der Waals surface area contributed by atoms with Crippen LogP contribution >= 0.6 is 23.6 Å². The molecule has 1 unspecified atom stereocenters. The summed E-state index contributed by atoms with van der Waals surface area (Å²) < 4.78 is 6.26. The van der Waals surface area contributed by atoms with Gasteiger partial charge in [-0.1, -0.05) is 11.3 Å². The van der Waals surface area contributed by atoms with Crippen LogP contribution in [0.2, 0.25) is 0 Å². The van der Waals surface area contributed by atoms with Gasteiger partial charge in [-0.3, -0.25) is 14.8 Å². The van der Waals surface area contributed by atoms with E-state index in [1.54, 1.807) is 11.0 Å². The third kappa shape index (κ3) is 2.50. The van der Waals surface area contributed by atoms with Crippen LogP contribution in [0.5, 0.6) is 0 Å². The quantitative estimate of drug-likeness (QED) is 0.762. The molecular weight excluding hydrogens is 370 g/mol. The van der Waals surface area contributed by atoms with Crippen molar-refractivity contribution < 1.29 is 9.21 Å². The number of aromatic nitrogens is 2. The van der Waals surface area contributed by atoms with E-state index in [0.717, 1.165) is 12.1 Å². The van der Waals surface area contributed by atoms with Crippen molar-refractivity contribution in [2.75, 3.05) is 4.90 Å². The minimum atomic E-state index is -0.584. The molecular formula is C17H15N5O2S2. The van der Waals surface area contributed by atoms with E-state index >= 15 is 0 Å². The minimum Gasteiger partial charge on any atom is -0.465 e. The Morgan fingerprint density at radius 1 is 1.50 bits per heavy atom. The highest BCUT2D eigenvalue weighted by molar-refractivity contribution is 7.73. The summed E-state index contributed by atoms with van der Waals surface area (Å²) >= 11 is 6.38. The van der Waals surface area contributed by atoms with Crippen LogP contribution in [0.15, 0.2) is 39.2 Å². The molecule has 7 nitrogen and oxygen atoms in total. The molecule has 0 radical (unpaired) electrons. The second-order valence-corrected chi connectivity index (χ2v) is 7.80. The fraction of sp³-hybridized carbons (Fsp3) is 0.294. The maximum Gasteiger partial charge on any atom is 0.216 e. The first-order chi connectivity index (χ1) is 12.5. The number of carbonyl (C=O) groups is 1. The Morgan fingerprint density at radius 2 is 2.31 bits per heavy atom. The summed E-state index contributed by atoms with van der Waals surface area (Å²) in [6, 6.07) is 5.79. The average Bonchev–Trinajstić information content (AvgIpc) is 3.22. The highest BCUT2D eigenvalue weighted by Gasteiger charge is 2.42. The van der Waals surface area contributed by atoms with E-state index in [0.29, 0.717) is 39.0 Å². The van der Waals surface area contributed by atoms with E-state index in [9.17, 15) is 10.1 Å². The normalized spacial score (nSPS) is 20.4. The number of nitrogens with one attached hydrogen (secondary N) is 1. The molecule has 0 aromatic carbocycles. The maximum atomic E-state index is 12.8. The van der Waals surface area contributed by atoms with Gasteiger partial charge in [0.2, 0.25) is 5.13 Å². The first-order valence-corrected chi connectivity index (χ1v) is 9.31. The Kier molecular flexibility index (Phi) is 4.01. The molecule has 3 N–H and O–H groups in total. The molecule has 132 valence electrons. The molecule has 4 rings (SSSR count). The van der Waals surface area contributed by atoms with Crippen LogP contribution in [-0.2, 0) is 4.79 Å². The van der Waals surface area contributed by atoms with Crippen LogP contribution in [0, 0.1) is 22.2 Å². The number of furan rings is 1. The van der Waals surface area contributed by atoms with Gasteiger partial charge in [0.15, 0.2) is 9.74 Å². The first-order valence-electron chi connectivity index (χ1n) is 8.09. The van der Waals surface area contributed by atoms with E-state index in [1.165, 1.54) is 11.3 Å². The lowest BCUT2D eigenvalue weighted by Crippen LogP contribution is -2.38. The van der Waals surface area contributed by atoms with Gasteiger partial charge in [-0.15, -0.1) is 5.10 Å². The molecule has 1 atom stereocenters. The molecule has 1 aliphatic carbocycles. The number of Topliss-reactive ketones (excluding diaryl/α,β-unsaturated/α-hetero) is 1. The van der Waals surface area contributed by atoms with Crippen molar-refractivity contribution in [3.63, 3.8) is 0 Å². The largest absolute Gasteiger partial charge is 0.465 e. The zero-order chi connectivity index (χ0) is 18.4. The third-order valence-electron chi connectivity index (χ3n) is 4.58. The second-order valence-electron chi connectivity index (χ2n) is 6.16. The number of allylic oxidation sites excluding steroid dienone is 3. The lowest BCUT2D eigenvalue weighted by molar-refractivity contribution is -0.116. The van der Waals surface area contributed by atoms with Gasteiger partial charge in [-0.2, -0.15) is 5.26 Å². The highest BCUT2D eigenvalue weighted by atomic mass is 32.1. The van der Waals surface area contributed by atoms with Crippen molar-refractivity contribution in [3.8, 4) is 6.07 Å². The predicted molar refractivity (Wildman–Crippen MR) is 98.7 cm³/mol. The fourth-order valence-electron chi connectivity index (χ4n) is 3.52. The van der Waals surface area contributed by atoms with Gasteiger partial charge in [0.05, 0.1) is 17.6 Å². The van der Waals surface area contributed by atoms with Gasteiger partial charge in [0.25, 0.3) is 0 Å². The molecule has 9 heteroatoms. The number of aryl methyl sites for hydroxylation is 1. The third-order valence-corrected chi connectivity index (χ3v) is 5.65. The van der Waals surface area contributed by atoms with Gasteiger partial charge in [-0.25, -0.2) is 0 Å². The van der Waals surface area contributed by atoms with Crippen molar-refractivity contribution in [1.82, 2.24) is 10.2 Å². The number of ketones is 1. The number of aromatic amines is 1. The zero-order valence-corrected chi connectivity index (χ0v) is 15.5. The van der Waals surface area contributed by atoms with Crippen molar-refractivity contribution in [3.05, 3.63) is 50.3 Å². The van der Waals surface area contributed by atoms with E-state index in [-0.39, 0.29) is 17.2 Å². The second kappa shape index (κ2) is 6.23. The maximum absolute atomic E-state index is 12.8. The number of hydrogen-bond acceptors (Lipinski definition) is 8. The molecule has 0 amide bonds. The summed E-state index contributed by atoms with van der Waals surface area (Å²) in [5.74, 6) is 0.958. The first kappa shape index (κ1) is 16.8. The number of hydrogen-bond donors (Lipinski definition) is 2. The molecule has 0 saturated heterocycles. The van der Waals surface area contributed by atoms with Crippen molar-refractivity contribution in [2.45, 2.75) is 32.1 Å². The summed E-state index contributed by atoms with van der Waals surface area (Å²) in [5.41, 5.74) is 8.00. The number of anilines is 1. The van der Waals surface area contributed by atoms with Crippen LogP contribution in [0.25, 0.3) is 0 Å². The number of nitriles is 1. The molecule has 0 saturated carbocycles. The number of carbonyl (C=O) groups excluding carboxylic acids is 1. The predicted octanol–water partition coefficient (Wildman–Crippen LogP) is 3.41. The van der Waals surface area contributed by atoms with Crippen molar-refractivity contribution in [2.24, 2.45) is 5.73 Å². The van der Waals surface area contributed by atoms with Crippen LogP contribution in [0.1, 0.15) is 36.7 Å². The lowest BCUT2D eigenvalue weighted by atomic mass is 9.78. The average molecular weight is 385 g/mol. The number of rotatable bonds is 2. The minimum absolute atomic E-state index is 0.00897. The van der Waals surface area contributed by atoms with Crippen LogP contribution < -0.4 is 10.6 Å². The Morgan fingerprint density at radius 3 is 2.92 bits per heavy atom. The fourth-order valence-corrected chi connectivity index (χ4v) is 4.43. The van der Waals surface area contributed by atoms with Gasteiger partial charge >= 0.3 is 0 Å².